The molecular weight excluding hydrogens is 307 g/mol. The summed E-state index contributed by atoms with van der Waals surface area (Å²) >= 11 is 5.84. The van der Waals surface area contributed by atoms with E-state index in [0.717, 1.165) is 5.69 Å². The number of ether oxygens (including phenoxy) is 1. The van der Waals surface area contributed by atoms with Crippen LogP contribution in [-0.2, 0) is 4.74 Å². The molecule has 0 aliphatic carbocycles. The fourth-order valence-electron chi connectivity index (χ4n) is 2.98. The van der Waals surface area contributed by atoms with Gasteiger partial charge < -0.3 is 14.7 Å². The summed E-state index contributed by atoms with van der Waals surface area (Å²) in [7, 11) is 0. The van der Waals surface area contributed by atoms with Gasteiger partial charge in [-0.1, -0.05) is 11.6 Å². The molecule has 4 nitrogen and oxygen atoms in total. The molecule has 1 aliphatic heterocycles. The predicted molar refractivity (Wildman–Crippen MR) is 85.0 cm³/mol. The molecule has 1 saturated heterocycles. The molecule has 0 amide bonds. The van der Waals surface area contributed by atoms with Crippen molar-refractivity contribution in [3.05, 3.63) is 35.2 Å². The molecule has 0 bridgehead atoms. The SMILES string of the molecule is CC1(C)CN(c2ccnc3cc(Cl)c(F)cc23)C[C@H](CO)O1. The number of halogens is 2. The monoisotopic (exact) mass is 324 g/mol. The van der Waals surface area contributed by atoms with Crippen LogP contribution >= 0.6 is 11.6 Å². The molecule has 2 heterocycles. The Morgan fingerprint density at radius 3 is 3.00 bits per heavy atom. The second kappa shape index (κ2) is 5.65. The Bertz CT molecular complexity index is 708. The second-order valence-electron chi connectivity index (χ2n) is 6.18. The van der Waals surface area contributed by atoms with Crippen LogP contribution in [0.15, 0.2) is 24.4 Å². The summed E-state index contributed by atoms with van der Waals surface area (Å²) in [4.78, 5) is 6.35. The van der Waals surface area contributed by atoms with E-state index in [4.69, 9.17) is 16.3 Å². The smallest absolute Gasteiger partial charge is 0.142 e. The van der Waals surface area contributed by atoms with E-state index in [2.05, 4.69) is 9.88 Å². The number of morpholine rings is 1. The van der Waals surface area contributed by atoms with Crippen LogP contribution in [0.5, 0.6) is 0 Å². The van der Waals surface area contributed by atoms with E-state index in [1.54, 1.807) is 6.20 Å². The lowest BCUT2D eigenvalue weighted by Crippen LogP contribution is -2.54. The van der Waals surface area contributed by atoms with Crippen molar-refractivity contribution in [3.63, 3.8) is 0 Å². The maximum Gasteiger partial charge on any atom is 0.142 e. The molecule has 0 saturated carbocycles. The van der Waals surface area contributed by atoms with Crippen LogP contribution in [-0.4, -0.2) is 41.5 Å². The highest BCUT2D eigenvalue weighted by molar-refractivity contribution is 6.31. The quantitative estimate of drug-likeness (QED) is 0.922. The van der Waals surface area contributed by atoms with Gasteiger partial charge in [0.15, 0.2) is 0 Å². The number of rotatable bonds is 2. The van der Waals surface area contributed by atoms with Crippen LogP contribution in [0.2, 0.25) is 5.02 Å². The third-order valence-electron chi connectivity index (χ3n) is 3.79. The molecule has 1 aromatic carbocycles. The van der Waals surface area contributed by atoms with Crippen LogP contribution in [0.1, 0.15) is 13.8 Å². The second-order valence-corrected chi connectivity index (χ2v) is 6.58. The van der Waals surface area contributed by atoms with Crippen molar-refractivity contribution in [3.8, 4) is 0 Å². The molecule has 1 aromatic heterocycles. The number of hydrogen-bond donors (Lipinski definition) is 1. The molecule has 0 unspecified atom stereocenters. The third-order valence-corrected chi connectivity index (χ3v) is 4.08. The lowest BCUT2D eigenvalue weighted by Gasteiger charge is -2.43. The topological polar surface area (TPSA) is 45.6 Å². The zero-order valence-electron chi connectivity index (χ0n) is 12.5. The molecular formula is C16H18ClFN2O2. The van der Waals surface area contributed by atoms with Crippen LogP contribution in [0.4, 0.5) is 10.1 Å². The lowest BCUT2D eigenvalue weighted by molar-refractivity contribution is -0.100. The van der Waals surface area contributed by atoms with Crippen LogP contribution in [0.25, 0.3) is 10.9 Å². The van der Waals surface area contributed by atoms with Gasteiger partial charge in [0.1, 0.15) is 5.82 Å². The Balaban J connectivity index is 2.07. The van der Waals surface area contributed by atoms with Crippen molar-refractivity contribution in [2.75, 3.05) is 24.6 Å². The first-order valence-corrected chi connectivity index (χ1v) is 7.55. The van der Waals surface area contributed by atoms with Crippen molar-refractivity contribution in [1.82, 2.24) is 4.98 Å². The van der Waals surface area contributed by atoms with E-state index < -0.39 is 11.4 Å². The molecule has 0 radical (unpaired) electrons. The summed E-state index contributed by atoms with van der Waals surface area (Å²) in [5.41, 5.74) is 1.12. The van der Waals surface area contributed by atoms with Gasteiger partial charge in [0, 0.05) is 30.4 Å². The van der Waals surface area contributed by atoms with E-state index in [0.29, 0.717) is 24.0 Å². The van der Waals surface area contributed by atoms with Crippen LogP contribution < -0.4 is 4.90 Å². The maximum atomic E-state index is 13.8. The van der Waals surface area contributed by atoms with E-state index in [1.165, 1.54) is 12.1 Å². The first-order valence-electron chi connectivity index (χ1n) is 7.17. The lowest BCUT2D eigenvalue weighted by atomic mass is 10.0. The van der Waals surface area contributed by atoms with Crippen molar-refractivity contribution in [1.29, 1.82) is 0 Å². The van der Waals surface area contributed by atoms with Gasteiger partial charge in [-0.15, -0.1) is 0 Å². The average molecular weight is 325 g/mol. The van der Waals surface area contributed by atoms with Gasteiger partial charge in [0.05, 0.1) is 28.9 Å². The molecule has 1 atom stereocenters. The van der Waals surface area contributed by atoms with Gasteiger partial charge in [-0.3, -0.25) is 4.98 Å². The number of fused-ring (bicyclic) bond motifs is 1. The van der Waals surface area contributed by atoms with Crippen molar-refractivity contribution in [2.24, 2.45) is 0 Å². The van der Waals surface area contributed by atoms with Gasteiger partial charge in [0.25, 0.3) is 0 Å². The van der Waals surface area contributed by atoms with Crippen molar-refractivity contribution >= 4 is 28.2 Å². The zero-order valence-corrected chi connectivity index (χ0v) is 13.3. The first-order chi connectivity index (χ1) is 10.4. The van der Waals surface area contributed by atoms with E-state index >= 15 is 0 Å². The minimum absolute atomic E-state index is 0.0524. The summed E-state index contributed by atoms with van der Waals surface area (Å²) in [6, 6.07) is 4.80. The zero-order chi connectivity index (χ0) is 15.9. The maximum absolute atomic E-state index is 13.8. The van der Waals surface area contributed by atoms with Crippen molar-refractivity contribution < 1.29 is 14.2 Å². The fourth-order valence-corrected chi connectivity index (χ4v) is 3.13. The summed E-state index contributed by atoms with van der Waals surface area (Å²) < 4.78 is 19.7. The van der Waals surface area contributed by atoms with Crippen LogP contribution in [0, 0.1) is 5.82 Å². The molecule has 118 valence electrons. The number of anilines is 1. The first kappa shape index (κ1) is 15.5. The van der Waals surface area contributed by atoms with Gasteiger partial charge in [-0.05, 0) is 32.0 Å². The molecule has 2 aromatic rings. The van der Waals surface area contributed by atoms with E-state index in [9.17, 15) is 9.50 Å². The molecule has 1 aliphatic rings. The number of nitrogens with zero attached hydrogens (tertiary/aromatic N) is 2. The highest BCUT2D eigenvalue weighted by atomic mass is 35.5. The Hall–Kier alpha value is -1.43. The van der Waals surface area contributed by atoms with Gasteiger partial charge in [-0.25, -0.2) is 4.39 Å². The number of aliphatic hydroxyl groups is 1. The number of aromatic nitrogens is 1. The number of hydrogen-bond acceptors (Lipinski definition) is 4. The fraction of sp³-hybridized carbons (Fsp3) is 0.438. The summed E-state index contributed by atoms with van der Waals surface area (Å²) in [5, 5.41) is 10.2. The van der Waals surface area contributed by atoms with Gasteiger partial charge in [-0.2, -0.15) is 0 Å². The number of pyridine rings is 1. The summed E-state index contributed by atoms with van der Waals surface area (Å²) in [6.07, 6.45) is 1.41. The summed E-state index contributed by atoms with van der Waals surface area (Å²) in [6.45, 7) is 5.09. The molecule has 1 fully saturated rings. The Morgan fingerprint density at radius 1 is 1.50 bits per heavy atom. The third kappa shape index (κ3) is 2.89. The number of aliphatic hydroxyl groups excluding tert-OH is 1. The molecule has 0 spiro atoms. The van der Waals surface area contributed by atoms with E-state index in [-0.39, 0.29) is 17.7 Å². The highest BCUT2D eigenvalue weighted by Gasteiger charge is 2.33. The minimum atomic E-state index is -0.463. The van der Waals surface area contributed by atoms with Gasteiger partial charge >= 0.3 is 0 Å². The number of benzene rings is 1. The molecule has 1 N–H and O–H groups in total. The van der Waals surface area contributed by atoms with E-state index in [1.807, 2.05) is 19.9 Å². The standard InChI is InChI=1S/C16H18ClFN2O2/c1-16(2)9-20(7-10(8-21)22-16)15-3-4-19-14-6-12(17)13(18)5-11(14)15/h3-6,10,21H,7-9H2,1-2H3/t10-/m1/s1. The Labute approximate surface area is 133 Å². The Morgan fingerprint density at radius 2 is 2.27 bits per heavy atom. The normalized spacial score (nSPS) is 21.3. The largest absolute Gasteiger partial charge is 0.394 e. The molecule has 22 heavy (non-hydrogen) atoms. The Kier molecular flexibility index (Phi) is 3.97. The predicted octanol–water partition coefficient (Wildman–Crippen LogP) is 3.00. The average Bonchev–Trinajstić information content (AvgIpc) is 2.46. The molecule has 3 rings (SSSR count). The van der Waals surface area contributed by atoms with Crippen LogP contribution in [0.3, 0.4) is 0 Å². The molecule has 6 heteroatoms. The van der Waals surface area contributed by atoms with Gasteiger partial charge in [0.2, 0.25) is 0 Å². The minimum Gasteiger partial charge on any atom is -0.394 e. The van der Waals surface area contributed by atoms with Crippen molar-refractivity contribution in [2.45, 2.75) is 25.6 Å². The summed E-state index contributed by atoms with van der Waals surface area (Å²) in [5.74, 6) is -0.463. The highest BCUT2D eigenvalue weighted by Crippen LogP contribution is 2.32.